The minimum Gasteiger partial charge on any atom is -0.548 e. The van der Waals surface area contributed by atoms with Gasteiger partial charge in [-0.1, -0.05) is 13.8 Å². The van der Waals surface area contributed by atoms with Gasteiger partial charge in [0.25, 0.3) is 5.91 Å². The van der Waals surface area contributed by atoms with Gasteiger partial charge in [0.2, 0.25) is 0 Å². The number of nitrogens with one attached hydrogen (secondary N) is 1. The van der Waals surface area contributed by atoms with Crippen molar-refractivity contribution in [3.8, 4) is 0 Å². The van der Waals surface area contributed by atoms with E-state index >= 15 is 0 Å². The first-order chi connectivity index (χ1) is 5.86. The average molecular weight is 233 g/mol. The van der Waals surface area contributed by atoms with Gasteiger partial charge in [0.15, 0.2) is 0 Å². The number of hydrogen-bond acceptors (Lipinski definition) is 5. The van der Waals surface area contributed by atoms with Crippen LogP contribution in [0.3, 0.4) is 0 Å². The number of carboxylic acid groups (broad SMARTS) is 2. The molecule has 8 heteroatoms. The third-order valence-electron chi connectivity index (χ3n) is 1.39. The van der Waals surface area contributed by atoms with Crippen molar-refractivity contribution in [3.63, 3.8) is 0 Å². The third-order valence-corrected chi connectivity index (χ3v) is 1.39. The Balaban J connectivity index is -0.000000720. The molecule has 0 aromatic heterocycles. The zero-order valence-electron chi connectivity index (χ0n) is 9.20. The SMILES string of the molecule is CC(C)C(NC(=O)C(=O)[O-])C(=O)[O-].[Na+].[Na+]. The van der Waals surface area contributed by atoms with Gasteiger partial charge in [-0.3, -0.25) is 4.79 Å². The molecule has 74 valence electrons. The molecule has 15 heavy (non-hydrogen) atoms. The predicted molar refractivity (Wildman–Crippen MR) is 36.8 cm³/mol. The molecule has 0 saturated heterocycles. The van der Waals surface area contributed by atoms with Gasteiger partial charge in [0, 0.05) is 0 Å². The van der Waals surface area contributed by atoms with Crippen molar-refractivity contribution < 1.29 is 83.7 Å². The Bertz CT molecular complexity index is 244. The first-order valence-corrected chi connectivity index (χ1v) is 3.59. The summed E-state index contributed by atoms with van der Waals surface area (Å²) in [5.41, 5.74) is 0. The van der Waals surface area contributed by atoms with Gasteiger partial charge in [0.05, 0.1) is 12.0 Å². The monoisotopic (exact) mass is 233 g/mol. The second-order valence-electron chi connectivity index (χ2n) is 2.80. The van der Waals surface area contributed by atoms with Crippen molar-refractivity contribution in [2.45, 2.75) is 19.9 Å². The van der Waals surface area contributed by atoms with Gasteiger partial charge in [0.1, 0.15) is 5.97 Å². The summed E-state index contributed by atoms with van der Waals surface area (Å²) in [6, 6.07) is -1.31. The number of hydrogen-bond donors (Lipinski definition) is 1. The zero-order chi connectivity index (χ0) is 10.6. The summed E-state index contributed by atoms with van der Waals surface area (Å²) < 4.78 is 0. The van der Waals surface area contributed by atoms with E-state index in [2.05, 4.69) is 0 Å². The Morgan fingerprint density at radius 2 is 1.47 bits per heavy atom. The van der Waals surface area contributed by atoms with Crippen LogP contribution in [0.25, 0.3) is 0 Å². The van der Waals surface area contributed by atoms with Gasteiger partial charge in [-0.25, -0.2) is 0 Å². The van der Waals surface area contributed by atoms with Crippen LogP contribution >= 0.6 is 0 Å². The van der Waals surface area contributed by atoms with E-state index < -0.39 is 29.8 Å². The first-order valence-electron chi connectivity index (χ1n) is 3.59. The second-order valence-corrected chi connectivity index (χ2v) is 2.80. The minimum absolute atomic E-state index is 0. The molecule has 1 atom stereocenters. The molecule has 0 rings (SSSR count). The minimum atomic E-state index is -1.97. The third kappa shape index (κ3) is 8.24. The maximum atomic E-state index is 10.5. The summed E-state index contributed by atoms with van der Waals surface area (Å²) >= 11 is 0. The molecule has 0 saturated carbocycles. The number of carbonyl (C=O) groups is 3. The summed E-state index contributed by atoms with van der Waals surface area (Å²) in [5.74, 6) is -5.40. The summed E-state index contributed by atoms with van der Waals surface area (Å²) in [6.45, 7) is 3.02. The van der Waals surface area contributed by atoms with Gasteiger partial charge in [-0.2, -0.15) is 0 Å². The van der Waals surface area contributed by atoms with E-state index in [1.165, 1.54) is 13.8 Å². The standard InChI is InChI=1S/C7H11NO5.2Na/c1-3(2)4(6(10)11)8-5(9)7(12)13;;/h3-4H,1-2H3,(H,8,9)(H,10,11)(H,12,13);;/q;2*+1/p-2. The fraction of sp³-hybridized carbons (Fsp3) is 0.571. The van der Waals surface area contributed by atoms with E-state index in [0.29, 0.717) is 0 Å². The molecule has 1 unspecified atom stereocenters. The van der Waals surface area contributed by atoms with E-state index in [9.17, 15) is 24.6 Å². The Morgan fingerprint density at radius 3 is 1.67 bits per heavy atom. The molecule has 0 bridgehead atoms. The number of carboxylic acids is 2. The van der Waals surface area contributed by atoms with Crippen LogP contribution in [0.15, 0.2) is 0 Å². The normalized spacial score (nSPS) is 10.6. The van der Waals surface area contributed by atoms with Gasteiger partial charge >= 0.3 is 59.1 Å². The summed E-state index contributed by atoms with van der Waals surface area (Å²) in [7, 11) is 0. The van der Waals surface area contributed by atoms with Gasteiger partial charge in [-0.15, -0.1) is 0 Å². The summed E-state index contributed by atoms with van der Waals surface area (Å²) in [5, 5.41) is 22.1. The molecule has 0 aromatic carbocycles. The maximum absolute atomic E-state index is 10.5. The summed E-state index contributed by atoms with van der Waals surface area (Å²) in [6.07, 6.45) is 0. The van der Waals surface area contributed by atoms with E-state index in [0.717, 1.165) is 0 Å². The smallest absolute Gasteiger partial charge is 0.548 e. The molecule has 0 aliphatic rings. The molecule has 0 fully saturated rings. The Morgan fingerprint density at radius 1 is 1.07 bits per heavy atom. The van der Waals surface area contributed by atoms with Crippen molar-refractivity contribution >= 4 is 17.8 Å². The molecule has 0 aromatic rings. The molecular weight excluding hydrogens is 224 g/mol. The van der Waals surface area contributed by atoms with Crippen molar-refractivity contribution in [1.29, 1.82) is 0 Å². The van der Waals surface area contributed by atoms with E-state index in [4.69, 9.17) is 0 Å². The number of aliphatic carboxylic acids is 2. The number of amides is 1. The number of carbonyl (C=O) groups excluding carboxylic acids is 3. The molecule has 1 amide bonds. The Hall–Kier alpha value is 0.410. The average Bonchev–Trinajstić information content (AvgIpc) is 1.97. The van der Waals surface area contributed by atoms with Crippen LogP contribution < -0.4 is 74.6 Å². The fourth-order valence-corrected chi connectivity index (χ4v) is 0.698. The first kappa shape index (κ1) is 20.8. The van der Waals surface area contributed by atoms with Gasteiger partial charge < -0.3 is 25.1 Å². The van der Waals surface area contributed by atoms with Crippen LogP contribution in [-0.2, 0) is 14.4 Å². The van der Waals surface area contributed by atoms with Crippen molar-refractivity contribution in [1.82, 2.24) is 5.32 Å². The largest absolute Gasteiger partial charge is 1.00 e. The molecule has 0 heterocycles. The Kier molecular flexibility index (Phi) is 13.3. The zero-order valence-corrected chi connectivity index (χ0v) is 13.2. The molecular formula is C7H9NNa2O5. The second kappa shape index (κ2) is 9.62. The number of rotatable bonds is 3. The van der Waals surface area contributed by atoms with Crippen LogP contribution in [0, 0.1) is 5.92 Å². The van der Waals surface area contributed by atoms with E-state index in [-0.39, 0.29) is 59.1 Å². The van der Waals surface area contributed by atoms with Gasteiger partial charge in [-0.05, 0) is 5.92 Å². The van der Waals surface area contributed by atoms with Crippen LogP contribution in [0.4, 0.5) is 0 Å². The van der Waals surface area contributed by atoms with Crippen molar-refractivity contribution in [3.05, 3.63) is 0 Å². The van der Waals surface area contributed by atoms with Crippen LogP contribution in [0.2, 0.25) is 0 Å². The quantitative estimate of drug-likeness (QED) is 0.384. The van der Waals surface area contributed by atoms with E-state index in [1.807, 2.05) is 0 Å². The summed E-state index contributed by atoms with van der Waals surface area (Å²) in [4.78, 5) is 30.8. The molecule has 0 radical (unpaired) electrons. The fourth-order valence-electron chi connectivity index (χ4n) is 0.698. The van der Waals surface area contributed by atoms with Crippen LogP contribution in [0.1, 0.15) is 13.8 Å². The maximum Gasteiger partial charge on any atom is 1.00 e. The van der Waals surface area contributed by atoms with Crippen molar-refractivity contribution in [2.75, 3.05) is 0 Å². The van der Waals surface area contributed by atoms with E-state index in [1.54, 1.807) is 5.32 Å². The topological polar surface area (TPSA) is 109 Å². The molecule has 0 aliphatic heterocycles. The van der Waals surface area contributed by atoms with Crippen molar-refractivity contribution in [2.24, 2.45) is 5.92 Å². The van der Waals surface area contributed by atoms with Crippen LogP contribution in [0.5, 0.6) is 0 Å². The predicted octanol–water partition coefficient (Wildman–Crippen LogP) is -9.37. The Labute approximate surface area is 131 Å². The molecule has 0 spiro atoms. The van der Waals surface area contributed by atoms with Crippen LogP contribution in [-0.4, -0.2) is 23.9 Å². The molecule has 1 N–H and O–H groups in total. The molecule has 0 aliphatic carbocycles. The molecule has 6 nitrogen and oxygen atoms in total.